The molecule has 4 atom stereocenters. The van der Waals surface area contributed by atoms with Crippen LogP contribution in [-0.2, 0) is 18.6 Å². The molecule has 0 bridgehead atoms. The first-order valence-corrected chi connectivity index (χ1v) is 10.6. The second-order valence-corrected chi connectivity index (χ2v) is 9.65. The molecule has 2 N–H and O–H groups in total. The summed E-state index contributed by atoms with van der Waals surface area (Å²) in [7, 11) is 5.03. The molecule has 0 aromatic rings. The predicted molar refractivity (Wildman–Crippen MR) is 96.4 cm³/mol. The van der Waals surface area contributed by atoms with Crippen molar-refractivity contribution >= 4 is 30.1 Å². The van der Waals surface area contributed by atoms with Gasteiger partial charge in [0.25, 0.3) is 0 Å². The second-order valence-electron chi connectivity index (χ2n) is 6.40. The summed E-state index contributed by atoms with van der Waals surface area (Å²) in [6.45, 7) is -0.926. The zero-order chi connectivity index (χ0) is 19.5. The van der Waals surface area contributed by atoms with Crippen LogP contribution in [0.25, 0.3) is 0 Å². The van der Waals surface area contributed by atoms with Crippen molar-refractivity contribution in [3.8, 4) is 0 Å². The van der Waals surface area contributed by atoms with Gasteiger partial charge in [-0.15, -0.1) is 0 Å². The Morgan fingerprint density at radius 1 is 1.54 bits per heavy atom. The molecule has 26 heavy (non-hydrogen) atoms. The minimum atomic E-state index is -3.38. The van der Waals surface area contributed by atoms with Crippen molar-refractivity contribution in [1.29, 1.82) is 0 Å². The lowest BCUT2D eigenvalue weighted by Crippen LogP contribution is -2.60. The lowest BCUT2D eigenvalue weighted by atomic mass is 10.2. The first-order chi connectivity index (χ1) is 12.1. The number of carbonyl (C=O) groups excluding carboxylic acids is 2. The van der Waals surface area contributed by atoms with Crippen LogP contribution < -0.4 is 10.6 Å². The molecule has 12 heteroatoms. The lowest BCUT2D eigenvalue weighted by molar-refractivity contribution is -0.133. The molecule has 0 aromatic carbocycles. The van der Waals surface area contributed by atoms with E-state index in [4.69, 9.17) is 20.5 Å². The van der Waals surface area contributed by atoms with Crippen molar-refractivity contribution in [1.82, 2.24) is 25.1 Å². The average Bonchev–Trinajstić information content (AvgIpc) is 2.52. The van der Waals surface area contributed by atoms with Gasteiger partial charge in [0.2, 0.25) is 5.91 Å². The van der Waals surface area contributed by atoms with Crippen LogP contribution in [0.4, 0.5) is 4.79 Å². The number of hydrogen-bond donors (Lipinski definition) is 2. The minimum absolute atomic E-state index is 0.0352. The van der Waals surface area contributed by atoms with Gasteiger partial charge in [0.15, 0.2) is 6.23 Å². The van der Waals surface area contributed by atoms with E-state index in [0.29, 0.717) is 13.1 Å². The molecular formula is C14H25ClN5O5P. The number of halogens is 1. The predicted octanol–water partition coefficient (Wildman–Crippen LogP) is 0.569. The third kappa shape index (κ3) is 5.67. The Morgan fingerprint density at radius 3 is 2.81 bits per heavy atom. The number of urea groups is 1. The SMILES string of the molecule is CC(=O)NC1C=CN(C2CN(C)C[C@@H](CO[P@@](=O)(Cl)N(C)C)O2)C(=O)N1. The summed E-state index contributed by atoms with van der Waals surface area (Å²) in [4.78, 5) is 26.8. The highest BCUT2D eigenvalue weighted by Gasteiger charge is 2.35. The molecular weight excluding hydrogens is 385 g/mol. The topological polar surface area (TPSA) is 103 Å². The monoisotopic (exact) mass is 409 g/mol. The first kappa shape index (κ1) is 21.1. The molecule has 3 amide bonds. The van der Waals surface area contributed by atoms with Crippen LogP contribution in [0.15, 0.2) is 12.3 Å². The number of nitrogens with zero attached hydrogens (tertiary/aromatic N) is 3. The fourth-order valence-electron chi connectivity index (χ4n) is 2.57. The zero-order valence-corrected chi connectivity index (χ0v) is 16.9. The Labute approximate surface area is 157 Å². The van der Waals surface area contributed by atoms with E-state index >= 15 is 0 Å². The zero-order valence-electron chi connectivity index (χ0n) is 15.2. The fraction of sp³-hybridized carbons (Fsp3) is 0.714. The Kier molecular flexibility index (Phi) is 7.06. The Bertz CT molecular complexity index is 619. The number of morpholine rings is 1. The average molecular weight is 410 g/mol. The molecule has 2 rings (SSSR count). The normalized spacial score (nSPS) is 29.4. The number of carbonyl (C=O) groups is 2. The van der Waals surface area contributed by atoms with Gasteiger partial charge in [-0.3, -0.25) is 19.2 Å². The first-order valence-electron chi connectivity index (χ1n) is 8.09. The Balaban J connectivity index is 1.98. The van der Waals surface area contributed by atoms with Crippen LogP contribution in [-0.4, -0.2) is 85.7 Å². The van der Waals surface area contributed by atoms with E-state index in [1.54, 1.807) is 26.4 Å². The van der Waals surface area contributed by atoms with E-state index in [0.717, 1.165) is 0 Å². The van der Waals surface area contributed by atoms with Crippen LogP contribution in [0, 0.1) is 0 Å². The number of nitrogens with one attached hydrogen (secondary N) is 2. The van der Waals surface area contributed by atoms with Gasteiger partial charge >= 0.3 is 12.9 Å². The molecule has 2 aliphatic heterocycles. The minimum Gasteiger partial charge on any atom is -0.350 e. The van der Waals surface area contributed by atoms with Gasteiger partial charge in [-0.1, -0.05) is 0 Å². The van der Waals surface area contributed by atoms with E-state index < -0.39 is 25.4 Å². The number of amides is 3. The molecule has 1 fully saturated rings. The van der Waals surface area contributed by atoms with Crippen molar-refractivity contribution in [2.75, 3.05) is 40.8 Å². The standard InChI is InChI=1S/C14H25ClN5O5P/c1-10(21)16-12-5-6-20(14(22)17-12)13-8-19(4)7-11(25-13)9-24-26(15,23)18(2)3/h5-6,11-13H,7-9H2,1-4H3,(H,16,21)(H,17,22)/t11-,12?,13?,26-/m0/s1. The summed E-state index contributed by atoms with van der Waals surface area (Å²) in [6, 6.07) is -0.387. The number of hydrogen-bond acceptors (Lipinski definition) is 6. The highest BCUT2D eigenvalue weighted by molar-refractivity contribution is 7.83. The van der Waals surface area contributed by atoms with Crippen molar-refractivity contribution in [2.45, 2.75) is 25.4 Å². The number of likely N-dealkylation sites (N-methyl/N-ethyl adjacent to an activating group) is 1. The molecule has 0 spiro atoms. The van der Waals surface area contributed by atoms with Crippen LogP contribution in [0.1, 0.15) is 6.92 Å². The smallest absolute Gasteiger partial charge is 0.350 e. The van der Waals surface area contributed by atoms with Crippen LogP contribution >= 0.6 is 18.1 Å². The van der Waals surface area contributed by atoms with Crippen LogP contribution in [0.3, 0.4) is 0 Å². The molecule has 148 valence electrons. The van der Waals surface area contributed by atoms with E-state index in [1.165, 1.54) is 16.5 Å². The van der Waals surface area contributed by atoms with Crippen molar-refractivity contribution in [3.63, 3.8) is 0 Å². The van der Waals surface area contributed by atoms with Gasteiger partial charge in [0, 0.05) is 26.2 Å². The van der Waals surface area contributed by atoms with Crippen molar-refractivity contribution < 1.29 is 23.4 Å². The maximum absolute atomic E-state index is 12.3. The molecule has 0 saturated carbocycles. The van der Waals surface area contributed by atoms with Gasteiger partial charge < -0.3 is 19.9 Å². The fourth-order valence-corrected chi connectivity index (χ4v) is 3.32. The summed E-state index contributed by atoms with van der Waals surface area (Å²) in [6.07, 6.45) is 1.73. The number of rotatable bonds is 6. The summed E-state index contributed by atoms with van der Waals surface area (Å²) < 4.78 is 24.6. The molecule has 10 nitrogen and oxygen atoms in total. The van der Waals surface area contributed by atoms with E-state index in [-0.39, 0.29) is 18.5 Å². The molecule has 0 aliphatic carbocycles. The molecule has 2 aliphatic rings. The Morgan fingerprint density at radius 2 is 2.23 bits per heavy atom. The van der Waals surface area contributed by atoms with Gasteiger partial charge in [0.1, 0.15) is 6.17 Å². The summed E-state index contributed by atoms with van der Waals surface area (Å²) in [5.74, 6) is -0.245. The summed E-state index contributed by atoms with van der Waals surface area (Å²) >= 11 is 5.86. The largest absolute Gasteiger partial charge is 0.362 e. The summed E-state index contributed by atoms with van der Waals surface area (Å²) in [5, 5.41) is 5.26. The van der Waals surface area contributed by atoms with Gasteiger partial charge in [-0.05, 0) is 38.5 Å². The third-order valence-corrected chi connectivity index (χ3v) is 6.47. The quantitative estimate of drug-likeness (QED) is 0.618. The maximum Gasteiger partial charge on any atom is 0.362 e. The highest BCUT2D eigenvalue weighted by atomic mass is 35.7. The molecule has 2 unspecified atom stereocenters. The second kappa shape index (κ2) is 8.69. The molecule has 0 radical (unpaired) electrons. The van der Waals surface area contributed by atoms with Crippen molar-refractivity contribution in [3.05, 3.63) is 12.3 Å². The van der Waals surface area contributed by atoms with Crippen LogP contribution in [0.5, 0.6) is 0 Å². The lowest BCUT2D eigenvalue weighted by Gasteiger charge is -2.41. The maximum atomic E-state index is 12.3. The van der Waals surface area contributed by atoms with Crippen molar-refractivity contribution in [2.24, 2.45) is 0 Å². The Hall–Kier alpha value is -1.16. The molecule has 0 aromatic heterocycles. The van der Waals surface area contributed by atoms with Gasteiger partial charge in [-0.25, -0.2) is 9.46 Å². The van der Waals surface area contributed by atoms with Gasteiger partial charge in [0.05, 0.1) is 12.7 Å². The van der Waals surface area contributed by atoms with E-state index in [1.807, 2.05) is 11.9 Å². The summed E-state index contributed by atoms with van der Waals surface area (Å²) in [5.41, 5.74) is 0. The van der Waals surface area contributed by atoms with E-state index in [9.17, 15) is 14.2 Å². The highest BCUT2D eigenvalue weighted by Crippen LogP contribution is 2.54. The van der Waals surface area contributed by atoms with Crippen LogP contribution in [0.2, 0.25) is 0 Å². The third-order valence-electron chi connectivity index (χ3n) is 3.85. The van der Waals surface area contributed by atoms with E-state index in [2.05, 4.69) is 10.6 Å². The molecule has 2 heterocycles. The van der Waals surface area contributed by atoms with Gasteiger partial charge in [-0.2, -0.15) is 0 Å². The number of ether oxygens (including phenoxy) is 1. The molecule has 1 saturated heterocycles.